The molecule has 2 aromatic rings. The number of likely N-dealkylation sites (tertiary alicyclic amines) is 1. The minimum absolute atomic E-state index is 0.114. The van der Waals surface area contributed by atoms with E-state index in [9.17, 15) is 14.3 Å². The molecule has 1 saturated heterocycles. The fourth-order valence-electron chi connectivity index (χ4n) is 2.48. The van der Waals surface area contributed by atoms with Gasteiger partial charge >= 0.3 is 0 Å². The number of aryl methyl sites for hydroxylation is 1. The summed E-state index contributed by atoms with van der Waals surface area (Å²) in [5.41, 5.74) is 0.754. The van der Waals surface area contributed by atoms with Crippen LogP contribution in [0.1, 0.15) is 22.5 Å². The number of aliphatic hydroxyl groups excluding tert-OH is 1. The second-order valence-corrected chi connectivity index (χ2v) is 4.87. The van der Waals surface area contributed by atoms with E-state index in [-0.39, 0.29) is 17.3 Å². The van der Waals surface area contributed by atoms with Gasteiger partial charge in [-0.05, 0) is 19.4 Å². The van der Waals surface area contributed by atoms with Gasteiger partial charge in [0.1, 0.15) is 0 Å². The molecule has 0 radical (unpaired) electrons. The molecule has 1 fully saturated rings. The van der Waals surface area contributed by atoms with Crippen molar-refractivity contribution in [1.82, 2.24) is 4.90 Å². The van der Waals surface area contributed by atoms with Crippen LogP contribution < -0.4 is 0 Å². The highest BCUT2D eigenvalue weighted by molar-refractivity contribution is 5.99. The average molecular weight is 263 g/mol. The summed E-state index contributed by atoms with van der Waals surface area (Å²) in [7, 11) is 0. The summed E-state index contributed by atoms with van der Waals surface area (Å²) in [5, 5.41) is 10.1. The fraction of sp³-hybridized carbons (Fsp3) is 0.357. The number of aliphatic hydroxyl groups is 1. The smallest absolute Gasteiger partial charge is 0.289 e. The number of carbonyl (C=O) groups is 1. The first-order valence-corrected chi connectivity index (χ1v) is 6.23. The van der Waals surface area contributed by atoms with Crippen LogP contribution in [-0.2, 0) is 0 Å². The number of rotatable bonds is 1. The van der Waals surface area contributed by atoms with Crippen LogP contribution in [0, 0.1) is 12.7 Å². The summed E-state index contributed by atoms with van der Waals surface area (Å²) in [6.45, 7) is 2.54. The van der Waals surface area contributed by atoms with Crippen molar-refractivity contribution in [1.29, 1.82) is 0 Å². The Morgan fingerprint density at radius 2 is 2.32 bits per heavy atom. The van der Waals surface area contributed by atoms with Crippen LogP contribution in [-0.4, -0.2) is 35.1 Å². The second kappa shape index (κ2) is 4.35. The van der Waals surface area contributed by atoms with Gasteiger partial charge in [-0.15, -0.1) is 0 Å². The van der Waals surface area contributed by atoms with Gasteiger partial charge in [-0.3, -0.25) is 4.79 Å². The molecule has 19 heavy (non-hydrogen) atoms. The molecular weight excluding hydrogens is 249 g/mol. The van der Waals surface area contributed by atoms with Gasteiger partial charge in [0.05, 0.1) is 6.10 Å². The molecule has 3 rings (SSSR count). The Morgan fingerprint density at radius 1 is 1.53 bits per heavy atom. The predicted octanol–water partition coefficient (Wildman–Crippen LogP) is 2.09. The second-order valence-electron chi connectivity index (χ2n) is 4.87. The third-order valence-electron chi connectivity index (χ3n) is 3.56. The first-order chi connectivity index (χ1) is 9.08. The number of furan rings is 1. The number of nitrogens with zero attached hydrogens (tertiary/aromatic N) is 1. The van der Waals surface area contributed by atoms with Crippen LogP contribution in [0.15, 0.2) is 22.6 Å². The van der Waals surface area contributed by atoms with Gasteiger partial charge in [0.2, 0.25) is 0 Å². The summed E-state index contributed by atoms with van der Waals surface area (Å²) < 4.78 is 19.0. The molecule has 0 spiro atoms. The van der Waals surface area contributed by atoms with E-state index in [2.05, 4.69) is 0 Å². The first-order valence-electron chi connectivity index (χ1n) is 6.23. The summed E-state index contributed by atoms with van der Waals surface area (Å²) in [4.78, 5) is 13.8. The van der Waals surface area contributed by atoms with Crippen molar-refractivity contribution < 1.29 is 18.7 Å². The van der Waals surface area contributed by atoms with Crippen molar-refractivity contribution in [3.05, 3.63) is 35.3 Å². The molecule has 5 heteroatoms. The van der Waals surface area contributed by atoms with Crippen LogP contribution in [0.3, 0.4) is 0 Å². The molecule has 1 unspecified atom stereocenters. The minimum atomic E-state index is -0.481. The maximum Gasteiger partial charge on any atom is 0.289 e. The van der Waals surface area contributed by atoms with E-state index in [1.165, 1.54) is 11.0 Å². The number of para-hydroxylation sites is 1. The maximum absolute atomic E-state index is 13.6. The lowest BCUT2D eigenvalue weighted by Crippen LogP contribution is -2.29. The lowest BCUT2D eigenvalue weighted by molar-refractivity contribution is 0.0735. The first kappa shape index (κ1) is 12.2. The highest BCUT2D eigenvalue weighted by Crippen LogP contribution is 2.28. The van der Waals surface area contributed by atoms with E-state index in [0.29, 0.717) is 30.5 Å². The Hall–Kier alpha value is -1.88. The Balaban J connectivity index is 2.03. The number of β-amino-alcohol motifs (C(OH)–C–C–N with tert-alkyl or cyclic N) is 1. The van der Waals surface area contributed by atoms with Gasteiger partial charge in [0.25, 0.3) is 5.91 Å². The Morgan fingerprint density at radius 3 is 2.95 bits per heavy atom. The standard InChI is InChI=1S/C14H14FNO3/c1-8-10-3-2-4-11(15)13(10)19-12(8)14(18)16-6-5-9(17)7-16/h2-4,9,17H,5-7H2,1H3. The molecule has 1 aliphatic heterocycles. The number of amides is 1. The summed E-state index contributed by atoms with van der Waals surface area (Å²) in [6.07, 6.45) is 0.0877. The van der Waals surface area contributed by atoms with Crippen LogP contribution in [0.5, 0.6) is 0 Å². The normalized spacial score (nSPS) is 19.3. The van der Waals surface area contributed by atoms with Crippen LogP contribution in [0.4, 0.5) is 4.39 Å². The number of hydrogen-bond acceptors (Lipinski definition) is 3. The predicted molar refractivity (Wildman–Crippen MR) is 67.4 cm³/mol. The Bertz CT molecular complexity index is 649. The van der Waals surface area contributed by atoms with Gasteiger partial charge in [0, 0.05) is 24.0 Å². The van der Waals surface area contributed by atoms with E-state index in [1.54, 1.807) is 19.1 Å². The van der Waals surface area contributed by atoms with Gasteiger partial charge in [-0.25, -0.2) is 4.39 Å². The molecule has 1 N–H and O–H groups in total. The minimum Gasteiger partial charge on any atom is -0.448 e. The van der Waals surface area contributed by atoms with Gasteiger partial charge in [-0.1, -0.05) is 12.1 Å². The van der Waals surface area contributed by atoms with E-state index in [0.717, 1.165) is 0 Å². The summed E-state index contributed by atoms with van der Waals surface area (Å²) in [6, 6.07) is 4.63. The van der Waals surface area contributed by atoms with E-state index in [1.807, 2.05) is 0 Å². The maximum atomic E-state index is 13.6. The van der Waals surface area contributed by atoms with Crippen molar-refractivity contribution in [3.8, 4) is 0 Å². The van der Waals surface area contributed by atoms with Crippen LogP contribution in [0.25, 0.3) is 11.0 Å². The molecule has 1 aliphatic rings. The monoisotopic (exact) mass is 263 g/mol. The zero-order chi connectivity index (χ0) is 13.6. The summed E-state index contributed by atoms with van der Waals surface area (Å²) in [5.74, 6) is -0.597. The molecule has 0 aliphatic carbocycles. The number of benzene rings is 1. The fourth-order valence-corrected chi connectivity index (χ4v) is 2.48. The van der Waals surface area contributed by atoms with Crippen LogP contribution >= 0.6 is 0 Å². The third kappa shape index (κ3) is 1.90. The lowest BCUT2D eigenvalue weighted by Gasteiger charge is -2.13. The highest BCUT2D eigenvalue weighted by Gasteiger charge is 2.29. The largest absolute Gasteiger partial charge is 0.448 e. The van der Waals surface area contributed by atoms with Gasteiger partial charge in [-0.2, -0.15) is 0 Å². The number of carbonyl (C=O) groups excluding carboxylic acids is 1. The third-order valence-corrected chi connectivity index (χ3v) is 3.56. The molecule has 100 valence electrons. The molecule has 2 heterocycles. The molecular formula is C14H14FNO3. The topological polar surface area (TPSA) is 53.7 Å². The number of halogens is 1. The molecule has 1 aromatic heterocycles. The SMILES string of the molecule is Cc1c(C(=O)N2CCC(O)C2)oc2c(F)cccc12. The molecule has 1 aromatic carbocycles. The van der Waals surface area contributed by atoms with E-state index >= 15 is 0 Å². The van der Waals surface area contributed by atoms with Crippen molar-refractivity contribution in [2.75, 3.05) is 13.1 Å². The quantitative estimate of drug-likeness (QED) is 0.857. The van der Waals surface area contributed by atoms with Crippen molar-refractivity contribution in [2.45, 2.75) is 19.4 Å². The van der Waals surface area contributed by atoms with E-state index in [4.69, 9.17) is 4.42 Å². The number of fused-ring (bicyclic) bond motifs is 1. The van der Waals surface area contributed by atoms with E-state index < -0.39 is 11.9 Å². The van der Waals surface area contributed by atoms with Crippen LogP contribution in [0.2, 0.25) is 0 Å². The molecule has 1 atom stereocenters. The zero-order valence-electron chi connectivity index (χ0n) is 10.5. The van der Waals surface area contributed by atoms with Gasteiger partial charge < -0.3 is 14.4 Å². The molecule has 4 nitrogen and oxygen atoms in total. The van der Waals surface area contributed by atoms with Crippen molar-refractivity contribution >= 4 is 16.9 Å². The highest BCUT2D eigenvalue weighted by atomic mass is 19.1. The van der Waals surface area contributed by atoms with Gasteiger partial charge in [0.15, 0.2) is 17.2 Å². The molecule has 0 bridgehead atoms. The molecule has 1 amide bonds. The lowest BCUT2D eigenvalue weighted by atomic mass is 10.1. The average Bonchev–Trinajstić information content (AvgIpc) is 2.95. The molecule has 0 saturated carbocycles. The Kier molecular flexibility index (Phi) is 2.78. The Labute approximate surface area is 109 Å². The van der Waals surface area contributed by atoms with Crippen molar-refractivity contribution in [3.63, 3.8) is 0 Å². The van der Waals surface area contributed by atoms with Crippen molar-refractivity contribution in [2.24, 2.45) is 0 Å². The summed E-state index contributed by atoms with van der Waals surface area (Å²) >= 11 is 0. The zero-order valence-corrected chi connectivity index (χ0v) is 10.5. The number of hydrogen-bond donors (Lipinski definition) is 1.